The molecule has 2 atom stereocenters. The number of pyridine rings is 1. The number of amides is 1. The fourth-order valence-corrected chi connectivity index (χ4v) is 3.54. The quantitative estimate of drug-likeness (QED) is 0.898. The molecule has 3 heterocycles. The van der Waals surface area contributed by atoms with Crippen molar-refractivity contribution in [3.05, 3.63) is 23.9 Å². The van der Waals surface area contributed by atoms with Crippen LogP contribution < -0.4 is 15.5 Å². The number of rotatable bonds is 3. The van der Waals surface area contributed by atoms with Crippen LogP contribution in [-0.2, 0) is 0 Å². The molecule has 0 bridgehead atoms. The number of nitrogens with zero attached hydrogens (tertiary/aromatic N) is 2. The van der Waals surface area contributed by atoms with E-state index in [4.69, 9.17) is 0 Å². The fourth-order valence-electron chi connectivity index (χ4n) is 3.54. The first-order valence-corrected chi connectivity index (χ1v) is 8.97. The maximum atomic E-state index is 12.4. The monoisotopic (exact) mass is 316 g/mol. The first-order chi connectivity index (χ1) is 11.2. The van der Waals surface area contributed by atoms with Crippen molar-refractivity contribution in [2.24, 2.45) is 0 Å². The van der Waals surface area contributed by atoms with Gasteiger partial charge >= 0.3 is 0 Å². The lowest BCUT2D eigenvalue weighted by Gasteiger charge is -2.28. The van der Waals surface area contributed by atoms with Crippen LogP contribution in [0.25, 0.3) is 0 Å². The highest BCUT2D eigenvalue weighted by Crippen LogP contribution is 2.17. The fraction of sp³-hybridized carbons (Fsp3) is 0.667. The highest BCUT2D eigenvalue weighted by atomic mass is 16.1. The van der Waals surface area contributed by atoms with Gasteiger partial charge in [-0.15, -0.1) is 0 Å². The Morgan fingerprint density at radius 1 is 1.26 bits per heavy atom. The lowest BCUT2D eigenvalue weighted by Crippen LogP contribution is -2.46. The third-order valence-electron chi connectivity index (χ3n) is 4.90. The van der Waals surface area contributed by atoms with E-state index in [9.17, 15) is 4.79 Å². The Balaban J connectivity index is 1.58. The summed E-state index contributed by atoms with van der Waals surface area (Å²) in [6, 6.07) is 4.64. The average molecular weight is 316 g/mol. The van der Waals surface area contributed by atoms with Crippen molar-refractivity contribution in [3.63, 3.8) is 0 Å². The molecule has 0 aliphatic carbocycles. The van der Waals surface area contributed by atoms with Crippen molar-refractivity contribution in [1.82, 2.24) is 15.6 Å². The lowest BCUT2D eigenvalue weighted by molar-refractivity contribution is 0.0925. The van der Waals surface area contributed by atoms with Crippen LogP contribution in [0.15, 0.2) is 18.3 Å². The molecule has 2 fully saturated rings. The smallest absolute Gasteiger partial charge is 0.253 e. The van der Waals surface area contributed by atoms with Gasteiger partial charge in [0.05, 0.1) is 5.56 Å². The predicted molar refractivity (Wildman–Crippen MR) is 92.9 cm³/mol. The highest BCUT2D eigenvalue weighted by molar-refractivity contribution is 5.94. The molecule has 3 rings (SSSR count). The first kappa shape index (κ1) is 16.2. The maximum absolute atomic E-state index is 12.4. The minimum atomic E-state index is -0.000911. The van der Waals surface area contributed by atoms with E-state index in [1.807, 2.05) is 12.1 Å². The van der Waals surface area contributed by atoms with Gasteiger partial charge in [0.15, 0.2) is 0 Å². The number of carbonyl (C=O) groups is 1. The standard InChI is InChI=1S/C18H28N4O/c1-14-12-16(8-9-19-14)21-18(23)15-6-7-17(20-13-15)22-10-4-2-3-5-11-22/h6-7,13-14,16,19H,2-5,8-12H2,1H3,(H,21,23). The third kappa shape index (κ3) is 4.44. The Hall–Kier alpha value is -1.62. The summed E-state index contributed by atoms with van der Waals surface area (Å²) in [6.45, 7) is 5.28. The number of aromatic nitrogens is 1. The molecule has 1 aromatic heterocycles. The van der Waals surface area contributed by atoms with Gasteiger partial charge in [0.1, 0.15) is 5.82 Å². The summed E-state index contributed by atoms with van der Waals surface area (Å²) < 4.78 is 0. The van der Waals surface area contributed by atoms with Gasteiger partial charge < -0.3 is 15.5 Å². The molecule has 2 N–H and O–H groups in total. The van der Waals surface area contributed by atoms with Crippen LogP contribution in [-0.4, -0.2) is 42.6 Å². The van der Waals surface area contributed by atoms with Crippen molar-refractivity contribution in [2.75, 3.05) is 24.5 Å². The molecule has 5 heteroatoms. The Labute approximate surface area is 138 Å². The molecular weight excluding hydrogens is 288 g/mol. The van der Waals surface area contributed by atoms with E-state index < -0.39 is 0 Å². The highest BCUT2D eigenvalue weighted by Gasteiger charge is 2.20. The van der Waals surface area contributed by atoms with Gasteiger partial charge in [0.25, 0.3) is 5.91 Å². The summed E-state index contributed by atoms with van der Waals surface area (Å²) in [4.78, 5) is 19.2. The van der Waals surface area contributed by atoms with Gasteiger partial charge in [-0.25, -0.2) is 4.98 Å². The van der Waals surface area contributed by atoms with Gasteiger partial charge in [-0.05, 0) is 51.3 Å². The Kier molecular flexibility index (Phi) is 5.49. The van der Waals surface area contributed by atoms with Gasteiger partial charge in [0, 0.05) is 31.4 Å². The molecule has 1 aromatic rings. The largest absolute Gasteiger partial charge is 0.357 e. The SMILES string of the molecule is CC1CC(NC(=O)c2ccc(N3CCCCCC3)nc2)CCN1. The normalized spacial score (nSPS) is 25.7. The average Bonchev–Trinajstić information content (AvgIpc) is 2.84. The summed E-state index contributed by atoms with van der Waals surface area (Å²) in [6.07, 6.45) is 8.80. The van der Waals surface area contributed by atoms with E-state index in [0.717, 1.165) is 38.3 Å². The molecule has 0 spiro atoms. The maximum Gasteiger partial charge on any atom is 0.253 e. The van der Waals surface area contributed by atoms with Crippen LogP contribution in [0.3, 0.4) is 0 Å². The second kappa shape index (κ2) is 7.77. The van der Waals surface area contributed by atoms with E-state index in [1.54, 1.807) is 6.20 Å². The van der Waals surface area contributed by atoms with E-state index in [1.165, 1.54) is 25.7 Å². The second-order valence-electron chi connectivity index (χ2n) is 6.86. The predicted octanol–water partition coefficient (Wildman–Crippen LogP) is 2.33. The summed E-state index contributed by atoms with van der Waals surface area (Å²) in [5.74, 6) is 0.998. The number of hydrogen-bond donors (Lipinski definition) is 2. The van der Waals surface area contributed by atoms with Gasteiger partial charge in [-0.2, -0.15) is 0 Å². The molecule has 0 aromatic carbocycles. The van der Waals surface area contributed by atoms with Crippen LogP contribution in [0.4, 0.5) is 5.82 Å². The van der Waals surface area contributed by atoms with Crippen LogP contribution in [0.1, 0.15) is 55.8 Å². The Morgan fingerprint density at radius 3 is 2.70 bits per heavy atom. The number of hydrogen-bond acceptors (Lipinski definition) is 4. The molecule has 0 saturated carbocycles. The summed E-state index contributed by atoms with van der Waals surface area (Å²) in [7, 11) is 0. The molecule has 0 radical (unpaired) electrons. The van der Waals surface area contributed by atoms with Crippen molar-refractivity contribution in [2.45, 2.75) is 57.5 Å². The lowest BCUT2D eigenvalue weighted by atomic mass is 10.0. The molecule has 2 aliphatic heterocycles. The molecule has 5 nitrogen and oxygen atoms in total. The zero-order valence-corrected chi connectivity index (χ0v) is 14.1. The zero-order valence-electron chi connectivity index (χ0n) is 14.1. The van der Waals surface area contributed by atoms with Crippen molar-refractivity contribution < 1.29 is 4.79 Å². The van der Waals surface area contributed by atoms with Gasteiger partial charge in [-0.3, -0.25) is 4.79 Å². The second-order valence-corrected chi connectivity index (χ2v) is 6.86. The minimum Gasteiger partial charge on any atom is -0.357 e. The van der Waals surface area contributed by atoms with Crippen molar-refractivity contribution in [3.8, 4) is 0 Å². The number of piperidine rings is 1. The number of anilines is 1. The van der Waals surface area contributed by atoms with Crippen molar-refractivity contribution in [1.29, 1.82) is 0 Å². The van der Waals surface area contributed by atoms with E-state index in [-0.39, 0.29) is 11.9 Å². The number of nitrogens with one attached hydrogen (secondary N) is 2. The minimum absolute atomic E-state index is 0.000911. The molecule has 1 amide bonds. The summed E-state index contributed by atoms with van der Waals surface area (Å²) >= 11 is 0. The molecule has 2 unspecified atom stereocenters. The Bertz CT molecular complexity index is 508. The third-order valence-corrected chi connectivity index (χ3v) is 4.90. The van der Waals surface area contributed by atoms with Crippen LogP contribution in [0.2, 0.25) is 0 Å². The van der Waals surface area contributed by atoms with Gasteiger partial charge in [-0.1, -0.05) is 12.8 Å². The molecule has 126 valence electrons. The van der Waals surface area contributed by atoms with Gasteiger partial charge in [0.2, 0.25) is 0 Å². The van der Waals surface area contributed by atoms with E-state index in [0.29, 0.717) is 11.6 Å². The molecule has 2 saturated heterocycles. The van der Waals surface area contributed by atoms with E-state index in [2.05, 4.69) is 27.4 Å². The van der Waals surface area contributed by atoms with Crippen LogP contribution in [0.5, 0.6) is 0 Å². The zero-order chi connectivity index (χ0) is 16.1. The molecule has 2 aliphatic rings. The number of carbonyl (C=O) groups excluding carboxylic acids is 1. The molecular formula is C18H28N4O. The summed E-state index contributed by atoms with van der Waals surface area (Å²) in [5, 5.41) is 6.55. The van der Waals surface area contributed by atoms with Crippen molar-refractivity contribution >= 4 is 11.7 Å². The van der Waals surface area contributed by atoms with Crippen LogP contribution >= 0.6 is 0 Å². The summed E-state index contributed by atoms with van der Waals surface area (Å²) in [5.41, 5.74) is 0.662. The van der Waals surface area contributed by atoms with Crippen LogP contribution in [0, 0.1) is 0 Å². The van der Waals surface area contributed by atoms with E-state index >= 15 is 0 Å². The Morgan fingerprint density at radius 2 is 2.04 bits per heavy atom. The topological polar surface area (TPSA) is 57.3 Å². The molecule has 23 heavy (non-hydrogen) atoms. The first-order valence-electron chi connectivity index (χ1n) is 8.97.